The fourth-order valence-electron chi connectivity index (χ4n) is 4.28. The molecule has 0 saturated heterocycles. The van der Waals surface area contributed by atoms with Crippen LogP contribution in [0.5, 0.6) is 0 Å². The van der Waals surface area contributed by atoms with Gasteiger partial charge in [-0.1, -0.05) is 20.8 Å². The molecule has 0 unspecified atom stereocenters. The van der Waals surface area contributed by atoms with E-state index >= 15 is 0 Å². The first-order valence-corrected chi connectivity index (χ1v) is 8.15. The lowest BCUT2D eigenvalue weighted by Crippen LogP contribution is -2.46. The molecule has 0 aromatic carbocycles. The maximum atomic E-state index is 11.7. The number of hydrogen-bond acceptors (Lipinski definition) is 2. The Morgan fingerprint density at radius 3 is 2.59 bits per heavy atom. The average molecular weight is 276 g/mol. The summed E-state index contributed by atoms with van der Waals surface area (Å²) in [5.41, 5.74) is 0.652. The molecule has 2 fully saturated rings. The fraction of sp³-hybridized carbons (Fsp3) is 0.917. The number of fused-ring (bicyclic) bond motifs is 5. The number of sulfonamides is 1. The number of alkyl halides is 1. The third kappa shape index (κ3) is 1.19. The summed E-state index contributed by atoms with van der Waals surface area (Å²) in [5, 5.41) is 0. The van der Waals surface area contributed by atoms with Gasteiger partial charge in [0.2, 0.25) is 0 Å². The molecule has 17 heavy (non-hydrogen) atoms. The van der Waals surface area contributed by atoms with Crippen molar-refractivity contribution in [1.82, 2.24) is 0 Å². The smallest absolute Gasteiger partial charge is 0.205 e. The molecule has 2 bridgehead atoms. The van der Waals surface area contributed by atoms with Gasteiger partial charge in [-0.2, -0.15) is 4.40 Å². The summed E-state index contributed by atoms with van der Waals surface area (Å²) in [6.07, 6.45) is 2.62. The van der Waals surface area contributed by atoms with Crippen LogP contribution < -0.4 is 0 Å². The molecular weight excluding hydrogens is 258 g/mol. The van der Waals surface area contributed by atoms with Crippen LogP contribution in [0.2, 0.25) is 0 Å². The molecular formula is C12H18ClNO2S. The summed E-state index contributed by atoms with van der Waals surface area (Å²) in [5.74, 6) is 0.457. The van der Waals surface area contributed by atoms with Crippen LogP contribution in [0.1, 0.15) is 40.0 Å². The van der Waals surface area contributed by atoms with Gasteiger partial charge in [-0.25, -0.2) is 8.42 Å². The average Bonchev–Trinajstić information content (AvgIpc) is 2.49. The topological polar surface area (TPSA) is 46.5 Å². The van der Waals surface area contributed by atoms with Crippen LogP contribution in [0, 0.1) is 16.7 Å². The Bertz CT molecular complexity index is 525. The first-order valence-electron chi connectivity index (χ1n) is 6.16. The summed E-state index contributed by atoms with van der Waals surface area (Å²) in [7, 11) is -3.28. The van der Waals surface area contributed by atoms with Gasteiger partial charge in [-0.15, -0.1) is 11.6 Å². The number of nitrogens with zero attached hydrogens (tertiary/aromatic N) is 1. The zero-order valence-electron chi connectivity index (χ0n) is 10.5. The van der Waals surface area contributed by atoms with Gasteiger partial charge >= 0.3 is 0 Å². The lowest BCUT2D eigenvalue weighted by atomic mass is 9.70. The van der Waals surface area contributed by atoms with Crippen LogP contribution in [-0.4, -0.2) is 24.8 Å². The van der Waals surface area contributed by atoms with Crippen LogP contribution in [-0.2, 0) is 10.0 Å². The van der Waals surface area contributed by atoms with Crippen LogP contribution >= 0.6 is 11.6 Å². The van der Waals surface area contributed by atoms with Gasteiger partial charge in [0.05, 0.1) is 16.3 Å². The molecule has 3 nitrogen and oxygen atoms in total. The van der Waals surface area contributed by atoms with Crippen molar-refractivity contribution in [3.05, 3.63) is 0 Å². The second-order valence-corrected chi connectivity index (χ2v) is 8.91. The Balaban J connectivity index is 2.27. The maximum absolute atomic E-state index is 11.7. The van der Waals surface area contributed by atoms with Crippen LogP contribution in [0.4, 0.5) is 0 Å². The molecule has 0 radical (unpaired) electrons. The first-order chi connectivity index (χ1) is 7.64. The highest BCUT2D eigenvalue weighted by Crippen LogP contribution is 2.70. The Morgan fingerprint density at radius 1 is 1.29 bits per heavy atom. The molecule has 0 amide bonds. The minimum Gasteiger partial charge on any atom is -0.205 e. The van der Waals surface area contributed by atoms with E-state index in [0.717, 1.165) is 18.6 Å². The number of halogens is 1. The summed E-state index contributed by atoms with van der Waals surface area (Å²) in [4.78, 5) is -0.498. The maximum Gasteiger partial charge on any atom is 0.253 e. The van der Waals surface area contributed by atoms with Crippen LogP contribution in [0.25, 0.3) is 0 Å². The molecule has 0 aromatic rings. The van der Waals surface area contributed by atoms with E-state index in [1.165, 1.54) is 0 Å². The molecule has 3 atom stereocenters. The lowest BCUT2D eigenvalue weighted by molar-refractivity contribution is 0.182. The van der Waals surface area contributed by atoms with E-state index in [9.17, 15) is 8.42 Å². The Labute approximate surface area is 108 Å². The predicted octanol–water partition coefficient (Wildman–Crippen LogP) is 2.59. The van der Waals surface area contributed by atoms with Crippen molar-refractivity contribution in [2.45, 2.75) is 44.9 Å². The van der Waals surface area contributed by atoms with Crippen molar-refractivity contribution in [1.29, 1.82) is 0 Å². The molecule has 5 heteroatoms. The highest BCUT2D eigenvalue weighted by Gasteiger charge is 2.71. The zero-order valence-corrected chi connectivity index (χ0v) is 12.0. The molecule has 2 aliphatic carbocycles. The van der Waals surface area contributed by atoms with E-state index in [0.29, 0.717) is 12.3 Å². The molecule has 0 N–H and O–H groups in total. The first kappa shape index (κ1) is 12.0. The van der Waals surface area contributed by atoms with Crippen LogP contribution in [0.15, 0.2) is 4.40 Å². The molecule has 96 valence electrons. The molecule has 3 rings (SSSR count). The van der Waals surface area contributed by atoms with Gasteiger partial charge in [0.25, 0.3) is 10.0 Å². The van der Waals surface area contributed by atoms with E-state index in [1.807, 2.05) is 0 Å². The standard InChI is InChI=1S/C12H18ClNO2S/c1-10(2)8-4-5-11(10,3)9-12(8,13)6-7-17(15,16)14-9/h8H,4-7H2,1-3H3/t8-,11-,12+/m0/s1. The largest absolute Gasteiger partial charge is 0.253 e. The van der Waals surface area contributed by atoms with E-state index < -0.39 is 14.9 Å². The van der Waals surface area contributed by atoms with Gasteiger partial charge < -0.3 is 0 Å². The molecule has 0 aromatic heterocycles. The highest BCUT2D eigenvalue weighted by atomic mass is 35.5. The van der Waals surface area contributed by atoms with Crippen molar-refractivity contribution < 1.29 is 8.42 Å². The summed E-state index contributed by atoms with van der Waals surface area (Å²) in [6.45, 7) is 6.56. The number of rotatable bonds is 0. The Hall–Kier alpha value is -0.0900. The second-order valence-electron chi connectivity index (χ2n) is 6.48. The summed E-state index contributed by atoms with van der Waals surface area (Å²) >= 11 is 6.78. The monoisotopic (exact) mass is 275 g/mol. The SMILES string of the molecule is CC1(C)[C@@H]2CC[C@@]1(C)C1=NS(=O)(=O)CC[C@]12Cl. The van der Waals surface area contributed by atoms with Crippen LogP contribution in [0.3, 0.4) is 0 Å². The minimum absolute atomic E-state index is 0.0491. The molecule has 2 saturated carbocycles. The van der Waals surface area contributed by atoms with Crippen molar-refractivity contribution >= 4 is 27.3 Å². The molecule has 1 aliphatic heterocycles. The summed E-state index contributed by atoms with van der Waals surface area (Å²) < 4.78 is 27.5. The lowest BCUT2D eigenvalue weighted by Gasteiger charge is -2.38. The van der Waals surface area contributed by atoms with Crippen molar-refractivity contribution in [2.75, 3.05) is 5.75 Å². The predicted molar refractivity (Wildman–Crippen MR) is 69.0 cm³/mol. The molecule has 3 aliphatic rings. The third-order valence-electron chi connectivity index (χ3n) is 5.65. The van der Waals surface area contributed by atoms with Gasteiger partial charge in [0.15, 0.2) is 0 Å². The van der Waals surface area contributed by atoms with Crippen molar-refractivity contribution in [3.8, 4) is 0 Å². The fourth-order valence-corrected chi connectivity index (χ4v) is 6.48. The summed E-state index contributed by atoms with van der Waals surface area (Å²) in [6, 6.07) is 0. The molecule has 0 spiro atoms. The number of hydrogen-bond donors (Lipinski definition) is 0. The second kappa shape index (κ2) is 2.90. The third-order valence-corrected chi connectivity index (χ3v) is 7.46. The minimum atomic E-state index is -3.28. The van der Waals surface area contributed by atoms with Gasteiger partial charge in [-0.3, -0.25) is 0 Å². The molecule has 1 heterocycles. The van der Waals surface area contributed by atoms with Gasteiger partial charge in [0.1, 0.15) is 0 Å². The van der Waals surface area contributed by atoms with E-state index in [-0.39, 0.29) is 16.6 Å². The van der Waals surface area contributed by atoms with E-state index in [2.05, 4.69) is 25.2 Å². The van der Waals surface area contributed by atoms with Crippen molar-refractivity contribution in [3.63, 3.8) is 0 Å². The normalized spacial score (nSPS) is 49.9. The van der Waals surface area contributed by atoms with Gasteiger partial charge in [-0.05, 0) is 30.6 Å². The van der Waals surface area contributed by atoms with Crippen molar-refractivity contribution in [2.24, 2.45) is 21.1 Å². The van der Waals surface area contributed by atoms with E-state index in [4.69, 9.17) is 11.6 Å². The quantitative estimate of drug-likeness (QED) is 0.638. The van der Waals surface area contributed by atoms with E-state index in [1.54, 1.807) is 0 Å². The van der Waals surface area contributed by atoms with Gasteiger partial charge in [0, 0.05) is 5.41 Å². The Morgan fingerprint density at radius 2 is 1.94 bits per heavy atom. The highest BCUT2D eigenvalue weighted by molar-refractivity contribution is 7.90. The Kier molecular flexibility index (Phi) is 2.04. The zero-order chi connectivity index (χ0) is 12.7.